The van der Waals surface area contributed by atoms with Gasteiger partial charge in [0, 0.05) is 0 Å². The number of amides is 1. The fourth-order valence-corrected chi connectivity index (χ4v) is 5.31. The second-order valence-electron chi connectivity index (χ2n) is 12.2. The smallest absolute Gasteiger partial charge is 0.249 e. The van der Waals surface area contributed by atoms with E-state index in [0.717, 1.165) is 64.2 Å². The van der Waals surface area contributed by atoms with E-state index in [2.05, 4.69) is 31.3 Å². The van der Waals surface area contributed by atoms with Crippen molar-refractivity contribution in [1.29, 1.82) is 0 Å². The molecule has 1 saturated heterocycles. The van der Waals surface area contributed by atoms with Crippen LogP contribution in [0.4, 0.5) is 0 Å². The molecule has 0 aromatic carbocycles. The standard InChI is InChI=1S/C33H63NO10/c1-3-5-7-9-11-12-13-14-15-17-19-21-26(37)32(42)34-24(28(38)25(36)20-18-16-10-8-6-4-2)23-43-33-31(41)30(40)29(39)27(22-35)44-33/h11-12,24-31,33,35-41H,3-10,13-23H2,1-2H3,(H,34,42)/b12-11-. The summed E-state index contributed by atoms with van der Waals surface area (Å²) in [6, 6.07) is -1.16. The Hall–Kier alpha value is -1.15. The number of unbranched alkanes of at least 4 members (excludes halogenated alkanes) is 12. The van der Waals surface area contributed by atoms with Crippen molar-refractivity contribution in [2.24, 2.45) is 0 Å². The number of hydrogen-bond acceptors (Lipinski definition) is 10. The number of allylic oxidation sites excluding steroid dienone is 2. The predicted molar refractivity (Wildman–Crippen MR) is 169 cm³/mol. The molecule has 1 heterocycles. The van der Waals surface area contributed by atoms with Crippen LogP contribution < -0.4 is 5.32 Å². The Morgan fingerprint density at radius 3 is 1.95 bits per heavy atom. The van der Waals surface area contributed by atoms with Gasteiger partial charge in [-0.2, -0.15) is 0 Å². The molecule has 44 heavy (non-hydrogen) atoms. The molecule has 0 spiro atoms. The fourth-order valence-electron chi connectivity index (χ4n) is 5.31. The van der Waals surface area contributed by atoms with Crippen molar-refractivity contribution >= 4 is 5.91 Å². The van der Waals surface area contributed by atoms with Crippen molar-refractivity contribution in [3.63, 3.8) is 0 Å². The molecular formula is C33H63NO10. The van der Waals surface area contributed by atoms with Gasteiger partial charge < -0.3 is 50.5 Å². The van der Waals surface area contributed by atoms with E-state index in [0.29, 0.717) is 19.3 Å². The number of aliphatic hydroxyl groups is 7. The Morgan fingerprint density at radius 1 is 0.773 bits per heavy atom. The molecule has 1 fully saturated rings. The van der Waals surface area contributed by atoms with E-state index in [4.69, 9.17) is 9.47 Å². The minimum atomic E-state index is -1.66. The lowest BCUT2D eigenvalue weighted by atomic mass is 9.98. The quantitative estimate of drug-likeness (QED) is 0.0519. The number of carbonyl (C=O) groups excluding carboxylic acids is 1. The summed E-state index contributed by atoms with van der Waals surface area (Å²) in [6.45, 7) is 3.26. The zero-order valence-electron chi connectivity index (χ0n) is 27.1. The number of nitrogens with one attached hydrogen (secondary N) is 1. The second-order valence-corrected chi connectivity index (χ2v) is 12.2. The molecule has 1 rings (SSSR count). The van der Waals surface area contributed by atoms with E-state index in [1.54, 1.807) is 0 Å². The first-order chi connectivity index (χ1) is 21.2. The average molecular weight is 634 g/mol. The molecule has 0 aromatic heterocycles. The van der Waals surface area contributed by atoms with Gasteiger partial charge in [-0.25, -0.2) is 0 Å². The molecule has 1 amide bonds. The minimum absolute atomic E-state index is 0.245. The summed E-state index contributed by atoms with van der Waals surface area (Å²) in [5, 5.41) is 74.5. The molecule has 260 valence electrons. The molecule has 0 bridgehead atoms. The van der Waals surface area contributed by atoms with Gasteiger partial charge in [-0.3, -0.25) is 4.79 Å². The van der Waals surface area contributed by atoms with Crippen LogP contribution in [0.5, 0.6) is 0 Å². The van der Waals surface area contributed by atoms with Gasteiger partial charge in [0.1, 0.15) is 36.6 Å². The largest absolute Gasteiger partial charge is 0.394 e. The first-order valence-electron chi connectivity index (χ1n) is 17.1. The van der Waals surface area contributed by atoms with Crippen molar-refractivity contribution in [2.75, 3.05) is 13.2 Å². The third kappa shape index (κ3) is 16.4. The maximum absolute atomic E-state index is 12.9. The Balaban J connectivity index is 2.63. The van der Waals surface area contributed by atoms with Crippen LogP contribution >= 0.6 is 0 Å². The Kier molecular flexibility index (Phi) is 23.2. The molecule has 9 unspecified atom stereocenters. The number of carbonyl (C=O) groups is 1. The molecular weight excluding hydrogens is 570 g/mol. The monoisotopic (exact) mass is 633 g/mol. The maximum Gasteiger partial charge on any atom is 0.249 e. The van der Waals surface area contributed by atoms with E-state index in [1.807, 2.05) is 0 Å². The van der Waals surface area contributed by atoms with Crippen LogP contribution in [0.1, 0.15) is 123 Å². The van der Waals surface area contributed by atoms with Gasteiger partial charge in [0.2, 0.25) is 5.91 Å². The molecule has 0 aromatic rings. The van der Waals surface area contributed by atoms with E-state index in [9.17, 15) is 40.5 Å². The first kappa shape index (κ1) is 40.9. The van der Waals surface area contributed by atoms with Crippen LogP contribution in [0.15, 0.2) is 12.2 Å². The molecule has 11 nitrogen and oxygen atoms in total. The predicted octanol–water partition coefficient (Wildman–Crippen LogP) is 2.60. The number of hydrogen-bond donors (Lipinski definition) is 8. The van der Waals surface area contributed by atoms with Crippen LogP contribution in [0.2, 0.25) is 0 Å². The van der Waals surface area contributed by atoms with Gasteiger partial charge in [0.25, 0.3) is 0 Å². The van der Waals surface area contributed by atoms with Crippen molar-refractivity contribution in [3.8, 4) is 0 Å². The third-order valence-corrected chi connectivity index (χ3v) is 8.32. The Morgan fingerprint density at radius 2 is 1.32 bits per heavy atom. The van der Waals surface area contributed by atoms with Crippen molar-refractivity contribution in [2.45, 2.75) is 178 Å². The molecule has 8 N–H and O–H groups in total. The summed E-state index contributed by atoms with van der Waals surface area (Å²) in [7, 11) is 0. The van der Waals surface area contributed by atoms with E-state index in [-0.39, 0.29) is 6.42 Å². The van der Waals surface area contributed by atoms with Crippen molar-refractivity contribution in [1.82, 2.24) is 5.32 Å². The van der Waals surface area contributed by atoms with Crippen LogP contribution in [0.25, 0.3) is 0 Å². The SMILES string of the molecule is CCCCC/C=C\CCCCCCC(O)C(=O)NC(COC1OC(CO)C(O)C(O)C1O)C(O)C(O)CCCCCCCC. The summed E-state index contributed by atoms with van der Waals surface area (Å²) in [4.78, 5) is 12.9. The summed E-state index contributed by atoms with van der Waals surface area (Å²) in [5.74, 6) is -0.715. The fraction of sp³-hybridized carbons (Fsp3) is 0.909. The number of aliphatic hydroxyl groups excluding tert-OH is 7. The number of ether oxygens (including phenoxy) is 2. The highest BCUT2D eigenvalue weighted by molar-refractivity contribution is 5.80. The van der Waals surface area contributed by atoms with Crippen LogP contribution in [0.3, 0.4) is 0 Å². The second kappa shape index (κ2) is 25.0. The molecule has 11 heteroatoms. The van der Waals surface area contributed by atoms with Crippen LogP contribution in [0, 0.1) is 0 Å². The van der Waals surface area contributed by atoms with Gasteiger partial charge in [0.15, 0.2) is 6.29 Å². The molecule has 0 radical (unpaired) electrons. The Labute approximate surface area is 264 Å². The lowest BCUT2D eigenvalue weighted by Crippen LogP contribution is -2.60. The normalized spacial score (nSPS) is 25.2. The van der Waals surface area contributed by atoms with E-state index in [1.165, 1.54) is 19.3 Å². The maximum atomic E-state index is 12.9. The highest BCUT2D eigenvalue weighted by atomic mass is 16.7. The zero-order valence-corrected chi connectivity index (χ0v) is 27.1. The molecule has 9 atom stereocenters. The minimum Gasteiger partial charge on any atom is -0.394 e. The van der Waals surface area contributed by atoms with Gasteiger partial charge in [-0.05, 0) is 38.5 Å². The van der Waals surface area contributed by atoms with Gasteiger partial charge in [-0.15, -0.1) is 0 Å². The van der Waals surface area contributed by atoms with Crippen molar-refractivity contribution < 1.29 is 50.0 Å². The van der Waals surface area contributed by atoms with Crippen LogP contribution in [-0.4, -0.2) is 110 Å². The molecule has 1 aliphatic heterocycles. The lowest BCUT2D eigenvalue weighted by Gasteiger charge is -2.40. The lowest BCUT2D eigenvalue weighted by molar-refractivity contribution is -0.303. The summed E-state index contributed by atoms with van der Waals surface area (Å²) in [6.07, 6.45) is 8.95. The molecule has 1 aliphatic rings. The topological polar surface area (TPSA) is 189 Å². The molecule has 0 aliphatic carbocycles. The summed E-state index contributed by atoms with van der Waals surface area (Å²) in [5.41, 5.74) is 0. The van der Waals surface area contributed by atoms with Crippen molar-refractivity contribution in [3.05, 3.63) is 12.2 Å². The van der Waals surface area contributed by atoms with Gasteiger partial charge in [0.05, 0.1) is 25.4 Å². The van der Waals surface area contributed by atoms with Gasteiger partial charge >= 0.3 is 0 Å². The van der Waals surface area contributed by atoms with E-state index < -0.39 is 74.2 Å². The van der Waals surface area contributed by atoms with E-state index >= 15 is 0 Å². The highest BCUT2D eigenvalue weighted by Gasteiger charge is 2.44. The van der Waals surface area contributed by atoms with Crippen LogP contribution in [-0.2, 0) is 14.3 Å². The first-order valence-corrected chi connectivity index (χ1v) is 17.1. The highest BCUT2D eigenvalue weighted by Crippen LogP contribution is 2.23. The van der Waals surface area contributed by atoms with Gasteiger partial charge in [-0.1, -0.05) is 96.6 Å². The zero-order chi connectivity index (χ0) is 32.7. The third-order valence-electron chi connectivity index (χ3n) is 8.32. The summed E-state index contributed by atoms with van der Waals surface area (Å²) >= 11 is 0. The number of rotatable bonds is 26. The Bertz CT molecular complexity index is 739. The average Bonchev–Trinajstić information content (AvgIpc) is 3.02. The summed E-state index contributed by atoms with van der Waals surface area (Å²) < 4.78 is 10.9. The molecule has 0 saturated carbocycles.